The molecule has 1 saturated carbocycles. The van der Waals surface area contributed by atoms with Gasteiger partial charge in [-0.1, -0.05) is 43.4 Å². The maximum Gasteiger partial charge on any atom is 0.138 e. The lowest BCUT2D eigenvalue weighted by Gasteiger charge is -2.16. The number of benzene rings is 1. The van der Waals surface area contributed by atoms with Crippen LogP contribution in [-0.2, 0) is 0 Å². The van der Waals surface area contributed by atoms with Crippen molar-refractivity contribution >= 4 is 11.6 Å². The number of ether oxygens (including phenoxy) is 1. The third-order valence-electron chi connectivity index (χ3n) is 3.60. The zero-order chi connectivity index (χ0) is 13.7. The Hall–Kier alpha value is -1.24. The minimum absolute atomic E-state index is 0.214. The van der Waals surface area contributed by atoms with Gasteiger partial charge in [0.05, 0.1) is 11.1 Å². The number of hydrogen-bond acceptors (Lipinski definition) is 3. The highest BCUT2D eigenvalue weighted by molar-refractivity contribution is 6.31. The number of halogens is 1. The molecule has 1 atom stereocenters. The quantitative estimate of drug-likeness (QED) is 0.897. The van der Waals surface area contributed by atoms with Crippen molar-refractivity contribution in [2.75, 3.05) is 6.61 Å². The predicted octanol–water partition coefficient (Wildman–Crippen LogP) is 3.53. The van der Waals surface area contributed by atoms with Crippen molar-refractivity contribution in [2.24, 2.45) is 5.92 Å². The first-order chi connectivity index (χ1) is 9.20. The highest BCUT2D eigenvalue weighted by atomic mass is 35.5. The highest BCUT2D eigenvalue weighted by Gasteiger charge is 2.19. The van der Waals surface area contributed by atoms with Crippen LogP contribution >= 0.6 is 11.6 Å². The number of aliphatic hydroxyl groups excluding tert-OH is 1. The van der Waals surface area contributed by atoms with Gasteiger partial charge in [-0.05, 0) is 24.5 Å². The van der Waals surface area contributed by atoms with Gasteiger partial charge in [0.15, 0.2) is 0 Å². The fourth-order valence-corrected chi connectivity index (χ4v) is 2.83. The van der Waals surface area contributed by atoms with Crippen LogP contribution in [0.4, 0.5) is 0 Å². The Morgan fingerprint density at radius 2 is 2.16 bits per heavy atom. The first-order valence-corrected chi connectivity index (χ1v) is 7.08. The average molecular weight is 280 g/mol. The van der Waals surface area contributed by atoms with E-state index < -0.39 is 6.10 Å². The number of nitriles is 1. The zero-order valence-corrected chi connectivity index (χ0v) is 11.6. The molecule has 1 aliphatic rings. The second-order valence-corrected chi connectivity index (χ2v) is 5.48. The van der Waals surface area contributed by atoms with Crippen molar-refractivity contribution in [1.82, 2.24) is 0 Å². The summed E-state index contributed by atoms with van der Waals surface area (Å²) in [7, 11) is 0. The molecule has 3 nitrogen and oxygen atoms in total. The van der Waals surface area contributed by atoms with Gasteiger partial charge in [-0.2, -0.15) is 5.26 Å². The maximum absolute atomic E-state index is 9.96. The molecule has 0 radical (unpaired) electrons. The SMILES string of the molecule is N#Cc1c(Cl)cccc1OCC(O)CC1CCCC1. The van der Waals surface area contributed by atoms with E-state index in [4.69, 9.17) is 21.6 Å². The molecule has 0 amide bonds. The Morgan fingerprint density at radius 1 is 1.42 bits per heavy atom. The number of aliphatic hydroxyl groups is 1. The molecule has 1 unspecified atom stereocenters. The number of hydrogen-bond donors (Lipinski definition) is 1. The molecule has 19 heavy (non-hydrogen) atoms. The van der Waals surface area contributed by atoms with E-state index in [9.17, 15) is 5.11 Å². The van der Waals surface area contributed by atoms with Crippen molar-refractivity contribution in [3.8, 4) is 11.8 Å². The van der Waals surface area contributed by atoms with Gasteiger partial charge in [-0.15, -0.1) is 0 Å². The number of rotatable bonds is 5. The minimum atomic E-state index is -0.478. The number of nitrogens with zero attached hydrogens (tertiary/aromatic N) is 1. The van der Waals surface area contributed by atoms with Crippen LogP contribution in [-0.4, -0.2) is 17.8 Å². The summed E-state index contributed by atoms with van der Waals surface area (Å²) >= 11 is 5.92. The lowest BCUT2D eigenvalue weighted by Crippen LogP contribution is -2.20. The minimum Gasteiger partial charge on any atom is -0.489 e. The molecule has 1 aliphatic carbocycles. The van der Waals surface area contributed by atoms with Gasteiger partial charge in [0.2, 0.25) is 0 Å². The van der Waals surface area contributed by atoms with Crippen LogP contribution in [0.25, 0.3) is 0 Å². The normalized spacial score (nSPS) is 17.1. The third kappa shape index (κ3) is 3.86. The zero-order valence-electron chi connectivity index (χ0n) is 10.8. The summed E-state index contributed by atoms with van der Waals surface area (Å²) in [5, 5.41) is 19.4. The molecular weight excluding hydrogens is 262 g/mol. The van der Waals surface area contributed by atoms with Crippen LogP contribution in [0.5, 0.6) is 5.75 Å². The molecule has 0 heterocycles. The Morgan fingerprint density at radius 3 is 2.84 bits per heavy atom. The Balaban J connectivity index is 1.88. The van der Waals surface area contributed by atoms with E-state index in [2.05, 4.69) is 0 Å². The van der Waals surface area contributed by atoms with Gasteiger partial charge < -0.3 is 9.84 Å². The predicted molar refractivity (Wildman–Crippen MR) is 74.2 cm³/mol. The Kier molecular flexibility index (Phi) is 5.07. The van der Waals surface area contributed by atoms with E-state index >= 15 is 0 Å². The van der Waals surface area contributed by atoms with Crippen LogP contribution in [0.3, 0.4) is 0 Å². The van der Waals surface area contributed by atoms with E-state index in [1.807, 2.05) is 6.07 Å². The molecule has 102 valence electrons. The summed E-state index contributed by atoms with van der Waals surface area (Å²) in [5.74, 6) is 1.06. The van der Waals surface area contributed by atoms with Gasteiger partial charge in [-0.3, -0.25) is 0 Å². The van der Waals surface area contributed by atoms with Crippen molar-refractivity contribution in [3.63, 3.8) is 0 Å². The van der Waals surface area contributed by atoms with E-state index in [0.29, 0.717) is 22.3 Å². The molecule has 4 heteroatoms. The van der Waals surface area contributed by atoms with Gasteiger partial charge in [-0.25, -0.2) is 0 Å². The van der Waals surface area contributed by atoms with Gasteiger partial charge >= 0.3 is 0 Å². The van der Waals surface area contributed by atoms with Gasteiger partial charge in [0.1, 0.15) is 24.0 Å². The van der Waals surface area contributed by atoms with Gasteiger partial charge in [0.25, 0.3) is 0 Å². The van der Waals surface area contributed by atoms with Gasteiger partial charge in [0, 0.05) is 0 Å². The first kappa shape index (κ1) is 14.2. The topological polar surface area (TPSA) is 53.2 Å². The molecule has 1 N–H and O–H groups in total. The summed E-state index contributed by atoms with van der Waals surface area (Å²) in [6.45, 7) is 0.214. The van der Waals surface area contributed by atoms with Crippen molar-refractivity contribution in [3.05, 3.63) is 28.8 Å². The lowest BCUT2D eigenvalue weighted by atomic mass is 10.0. The van der Waals surface area contributed by atoms with Crippen molar-refractivity contribution < 1.29 is 9.84 Å². The molecule has 0 aliphatic heterocycles. The summed E-state index contributed by atoms with van der Waals surface area (Å²) in [6, 6.07) is 7.12. The van der Waals surface area contributed by atoms with Crippen LogP contribution in [0.1, 0.15) is 37.7 Å². The molecule has 1 aromatic rings. The van der Waals surface area contributed by atoms with E-state index in [0.717, 1.165) is 6.42 Å². The van der Waals surface area contributed by atoms with Crippen molar-refractivity contribution in [2.45, 2.75) is 38.2 Å². The van der Waals surface area contributed by atoms with Crippen LogP contribution in [0.2, 0.25) is 5.02 Å². The molecule has 0 spiro atoms. The molecule has 0 saturated heterocycles. The molecule has 2 rings (SSSR count). The second-order valence-electron chi connectivity index (χ2n) is 5.08. The van der Waals surface area contributed by atoms with Crippen molar-refractivity contribution in [1.29, 1.82) is 5.26 Å². The second kappa shape index (κ2) is 6.79. The summed E-state index contributed by atoms with van der Waals surface area (Å²) in [6.07, 6.45) is 5.25. The largest absolute Gasteiger partial charge is 0.489 e. The summed E-state index contributed by atoms with van der Waals surface area (Å²) in [5.41, 5.74) is 0.331. The maximum atomic E-state index is 9.96. The highest BCUT2D eigenvalue weighted by Crippen LogP contribution is 2.29. The van der Waals surface area contributed by atoms with E-state index in [-0.39, 0.29) is 6.61 Å². The molecular formula is C15H18ClNO2. The van der Waals surface area contributed by atoms with E-state index in [1.165, 1.54) is 25.7 Å². The fourth-order valence-electron chi connectivity index (χ4n) is 2.62. The molecule has 1 aromatic carbocycles. The summed E-state index contributed by atoms with van der Waals surface area (Å²) in [4.78, 5) is 0. The standard InChI is InChI=1S/C15H18ClNO2/c16-14-6-3-7-15(13(14)9-17)19-10-12(18)8-11-4-1-2-5-11/h3,6-7,11-12,18H,1-2,4-5,8,10H2. The molecule has 1 fully saturated rings. The molecule has 0 bridgehead atoms. The Bertz CT molecular complexity index is 464. The Labute approximate surface area is 118 Å². The van der Waals surface area contributed by atoms with Crippen LogP contribution in [0.15, 0.2) is 18.2 Å². The van der Waals surface area contributed by atoms with Crippen LogP contribution < -0.4 is 4.74 Å². The monoisotopic (exact) mass is 279 g/mol. The van der Waals surface area contributed by atoms with Crippen LogP contribution in [0, 0.1) is 17.2 Å². The smallest absolute Gasteiger partial charge is 0.138 e. The third-order valence-corrected chi connectivity index (χ3v) is 3.91. The lowest BCUT2D eigenvalue weighted by molar-refractivity contribution is 0.0854. The summed E-state index contributed by atoms with van der Waals surface area (Å²) < 4.78 is 5.52. The first-order valence-electron chi connectivity index (χ1n) is 6.70. The average Bonchev–Trinajstić information content (AvgIpc) is 2.89. The molecule has 0 aromatic heterocycles. The fraction of sp³-hybridized carbons (Fsp3) is 0.533. The van der Waals surface area contributed by atoms with E-state index in [1.54, 1.807) is 18.2 Å².